The molecule has 4 N–H and O–H groups in total. The first-order chi connectivity index (χ1) is 19.5. The third kappa shape index (κ3) is 8.22. The summed E-state index contributed by atoms with van der Waals surface area (Å²) in [4.78, 5) is 50.0. The topological polar surface area (TPSA) is 187 Å². The van der Waals surface area contributed by atoms with E-state index < -0.39 is 61.7 Å². The Labute approximate surface area is 236 Å². The van der Waals surface area contributed by atoms with Crippen molar-refractivity contribution < 1.29 is 38.2 Å². The molecule has 0 aliphatic carbocycles. The standard InChI is InChI=1S/C26H37N4O10P/c1-4-7-13-29-20(32)12-14-30(26(29)36)25-22(34)21(33)23(40-25)24(35)27-15-19(31)28-18-10-8-17(9-11-18)16-41(37,38-5-2)39-6-3/h8-12,14,21-23,25,33-34H,4-7,13,15-16H2,1-3H3,(H,27,35)(H,28,31)/t21-,22+,23+,25-/m1/s1. The van der Waals surface area contributed by atoms with Gasteiger partial charge in [-0.3, -0.25) is 28.1 Å². The molecule has 0 radical (unpaired) electrons. The second kappa shape index (κ2) is 14.7. The van der Waals surface area contributed by atoms with Crippen LogP contribution in [-0.2, 0) is 40.6 Å². The van der Waals surface area contributed by atoms with E-state index in [2.05, 4.69) is 10.6 Å². The number of rotatable bonds is 14. The molecule has 4 atom stereocenters. The van der Waals surface area contributed by atoms with Crippen molar-refractivity contribution in [2.75, 3.05) is 25.1 Å². The Balaban J connectivity index is 1.58. The molecule has 15 heteroatoms. The van der Waals surface area contributed by atoms with Crippen LogP contribution in [0.4, 0.5) is 5.69 Å². The average molecular weight is 597 g/mol. The van der Waals surface area contributed by atoms with Crippen molar-refractivity contribution in [3.8, 4) is 0 Å². The van der Waals surface area contributed by atoms with Gasteiger partial charge in [0.05, 0.1) is 25.9 Å². The maximum absolute atomic E-state index is 12.8. The van der Waals surface area contributed by atoms with Crippen LogP contribution < -0.4 is 21.9 Å². The van der Waals surface area contributed by atoms with Crippen LogP contribution in [0.1, 0.15) is 45.4 Å². The first-order valence-electron chi connectivity index (χ1n) is 13.4. The molecule has 1 aromatic heterocycles. The van der Waals surface area contributed by atoms with E-state index in [0.717, 1.165) is 27.8 Å². The van der Waals surface area contributed by atoms with Crippen molar-refractivity contribution in [3.05, 3.63) is 62.9 Å². The van der Waals surface area contributed by atoms with Gasteiger partial charge < -0.3 is 34.6 Å². The van der Waals surface area contributed by atoms with Crippen molar-refractivity contribution in [1.82, 2.24) is 14.5 Å². The molecular weight excluding hydrogens is 559 g/mol. The Bertz CT molecular complexity index is 1350. The van der Waals surface area contributed by atoms with Gasteiger partial charge in [-0.15, -0.1) is 0 Å². The summed E-state index contributed by atoms with van der Waals surface area (Å²) in [5.41, 5.74) is -0.159. The van der Waals surface area contributed by atoms with Gasteiger partial charge in [-0.1, -0.05) is 25.5 Å². The monoisotopic (exact) mass is 596 g/mol. The van der Waals surface area contributed by atoms with Gasteiger partial charge >= 0.3 is 13.3 Å². The molecule has 2 aromatic rings. The number of carbonyl (C=O) groups is 2. The summed E-state index contributed by atoms with van der Waals surface area (Å²) >= 11 is 0. The zero-order valence-corrected chi connectivity index (χ0v) is 24.1. The van der Waals surface area contributed by atoms with E-state index >= 15 is 0 Å². The van der Waals surface area contributed by atoms with Crippen LogP contribution in [0, 0.1) is 0 Å². The first kappa shape index (κ1) is 32.4. The van der Waals surface area contributed by atoms with Crippen LogP contribution in [0.15, 0.2) is 46.1 Å². The predicted molar refractivity (Wildman–Crippen MR) is 148 cm³/mol. The van der Waals surface area contributed by atoms with Crippen molar-refractivity contribution in [3.63, 3.8) is 0 Å². The summed E-state index contributed by atoms with van der Waals surface area (Å²) < 4.78 is 30.7. The fourth-order valence-corrected chi connectivity index (χ4v) is 5.97. The summed E-state index contributed by atoms with van der Waals surface area (Å²) in [6.07, 6.45) is -3.80. The summed E-state index contributed by atoms with van der Waals surface area (Å²) in [7, 11) is -3.28. The summed E-state index contributed by atoms with van der Waals surface area (Å²) in [6, 6.07) is 7.66. The number of amides is 2. The van der Waals surface area contributed by atoms with Gasteiger partial charge in [0.2, 0.25) is 5.91 Å². The van der Waals surface area contributed by atoms with Crippen molar-refractivity contribution in [2.45, 2.75) is 70.9 Å². The third-order valence-corrected chi connectivity index (χ3v) is 8.35. The van der Waals surface area contributed by atoms with E-state index in [9.17, 15) is 34.0 Å². The lowest BCUT2D eigenvalue weighted by Crippen LogP contribution is -2.45. The normalized spacial score (nSPS) is 20.6. The number of nitrogens with one attached hydrogen (secondary N) is 2. The van der Waals surface area contributed by atoms with E-state index in [1.165, 1.54) is 0 Å². The fraction of sp³-hybridized carbons (Fsp3) is 0.538. The molecule has 0 bridgehead atoms. The molecular formula is C26H37N4O10P. The number of hydrogen-bond donors (Lipinski definition) is 4. The predicted octanol–water partition coefficient (Wildman–Crippen LogP) is 0.950. The lowest BCUT2D eigenvalue weighted by atomic mass is 10.1. The Kier molecular flexibility index (Phi) is 11.6. The Morgan fingerprint density at radius 1 is 1.02 bits per heavy atom. The minimum atomic E-state index is -3.28. The number of aliphatic hydroxyl groups is 2. The van der Waals surface area contributed by atoms with Crippen LogP contribution in [0.2, 0.25) is 0 Å². The van der Waals surface area contributed by atoms with E-state index in [0.29, 0.717) is 17.7 Å². The number of carbonyl (C=O) groups excluding carboxylic acids is 2. The van der Waals surface area contributed by atoms with Gasteiger partial charge in [-0.2, -0.15) is 0 Å². The molecule has 1 aromatic carbocycles. The van der Waals surface area contributed by atoms with Crippen molar-refractivity contribution in [1.29, 1.82) is 0 Å². The molecule has 0 unspecified atom stereocenters. The molecule has 1 saturated heterocycles. The van der Waals surface area contributed by atoms with E-state index in [-0.39, 0.29) is 25.9 Å². The maximum Gasteiger partial charge on any atom is 0.335 e. The lowest BCUT2D eigenvalue weighted by Gasteiger charge is -2.18. The molecule has 226 valence electrons. The second-order valence-electron chi connectivity index (χ2n) is 9.34. The highest BCUT2D eigenvalue weighted by molar-refractivity contribution is 7.53. The third-order valence-electron chi connectivity index (χ3n) is 6.29. The maximum atomic E-state index is 12.8. The first-order valence-corrected chi connectivity index (χ1v) is 15.1. The number of anilines is 1. The fourth-order valence-electron chi connectivity index (χ4n) is 4.27. The number of aliphatic hydroxyl groups excluding tert-OH is 2. The smallest absolute Gasteiger partial charge is 0.335 e. The summed E-state index contributed by atoms with van der Waals surface area (Å²) in [5, 5.41) is 25.9. The second-order valence-corrected chi connectivity index (χ2v) is 11.4. The summed E-state index contributed by atoms with van der Waals surface area (Å²) in [5.74, 6) is -1.45. The zero-order valence-electron chi connectivity index (χ0n) is 23.2. The number of hydrogen-bond acceptors (Lipinski definition) is 10. The molecule has 2 amide bonds. The molecule has 3 rings (SSSR count). The van der Waals surface area contributed by atoms with Crippen LogP contribution in [-0.4, -0.2) is 69.2 Å². The van der Waals surface area contributed by atoms with Crippen LogP contribution in [0.3, 0.4) is 0 Å². The Morgan fingerprint density at radius 2 is 1.68 bits per heavy atom. The van der Waals surface area contributed by atoms with Gasteiger partial charge in [0.15, 0.2) is 12.3 Å². The number of nitrogens with zero attached hydrogens (tertiary/aromatic N) is 2. The number of aromatic nitrogens is 2. The molecule has 1 fully saturated rings. The van der Waals surface area contributed by atoms with E-state index in [1.807, 2.05) is 6.92 Å². The van der Waals surface area contributed by atoms with Crippen molar-refractivity contribution in [2.24, 2.45) is 0 Å². The highest BCUT2D eigenvalue weighted by atomic mass is 31.2. The Morgan fingerprint density at radius 3 is 2.29 bits per heavy atom. The highest BCUT2D eigenvalue weighted by Gasteiger charge is 2.47. The molecule has 14 nitrogen and oxygen atoms in total. The number of unbranched alkanes of at least 4 members (excludes halogenated alkanes) is 1. The van der Waals surface area contributed by atoms with Gasteiger partial charge in [-0.25, -0.2) is 4.79 Å². The Hall–Kier alpha value is -3.13. The van der Waals surface area contributed by atoms with Crippen molar-refractivity contribution >= 4 is 25.1 Å². The molecule has 1 aliphatic heterocycles. The quantitative estimate of drug-likeness (QED) is 0.229. The van der Waals surface area contributed by atoms with E-state index in [1.54, 1.807) is 38.1 Å². The van der Waals surface area contributed by atoms with Crippen LogP contribution in [0.25, 0.3) is 0 Å². The lowest BCUT2D eigenvalue weighted by molar-refractivity contribution is -0.138. The van der Waals surface area contributed by atoms with Gasteiger partial charge in [0.25, 0.3) is 11.5 Å². The average Bonchev–Trinajstić information content (AvgIpc) is 3.22. The molecule has 1 aliphatic rings. The molecule has 41 heavy (non-hydrogen) atoms. The minimum absolute atomic E-state index is 0.0709. The summed E-state index contributed by atoms with van der Waals surface area (Å²) in [6.45, 7) is 5.53. The van der Waals surface area contributed by atoms with Crippen LogP contribution >= 0.6 is 7.60 Å². The molecule has 0 saturated carbocycles. The van der Waals surface area contributed by atoms with Gasteiger partial charge in [0.1, 0.15) is 12.2 Å². The molecule has 0 spiro atoms. The number of benzene rings is 1. The largest absolute Gasteiger partial charge is 0.387 e. The highest BCUT2D eigenvalue weighted by Crippen LogP contribution is 2.51. The van der Waals surface area contributed by atoms with E-state index in [4.69, 9.17) is 13.8 Å². The van der Waals surface area contributed by atoms with Gasteiger partial charge in [-0.05, 0) is 38.0 Å². The number of ether oxygens (including phenoxy) is 1. The van der Waals surface area contributed by atoms with Gasteiger partial charge in [0, 0.05) is 24.5 Å². The molecule has 2 heterocycles. The zero-order chi connectivity index (χ0) is 30.2. The SMILES string of the molecule is CCCCn1c(=O)ccn([C@@H]2O[C@H](C(=O)NCC(=O)Nc3ccc(CP(=O)(OCC)OCC)cc3)[C@H](O)[C@@H]2O)c1=O. The minimum Gasteiger partial charge on any atom is -0.387 e. The van der Waals surface area contributed by atoms with Crippen LogP contribution in [0.5, 0.6) is 0 Å².